The number of carbonyl (C=O) groups is 1. The maximum atomic E-state index is 12.3. The Morgan fingerprint density at radius 2 is 1.85 bits per heavy atom. The molecule has 26 heavy (non-hydrogen) atoms. The molecule has 0 spiro atoms. The number of ether oxygens (including phenoxy) is 1. The van der Waals surface area contributed by atoms with E-state index in [1.54, 1.807) is 0 Å². The molecule has 0 aliphatic heterocycles. The van der Waals surface area contributed by atoms with Crippen LogP contribution in [0.3, 0.4) is 0 Å². The molecular weight excluding hydrogens is 324 g/mol. The van der Waals surface area contributed by atoms with Gasteiger partial charge in [-0.2, -0.15) is 0 Å². The highest BCUT2D eigenvalue weighted by Gasteiger charge is 2.36. The van der Waals surface area contributed by atoms with Crippen LogP contribution in [0.1, 0.15) is 59.4 Å². The average molecular weight is 363 g/mol. The van der Waals surface area contributed by atoms with E-state index in [4.69, 9.17) is 4.74 Å². The van der Waals surface area contributed by atoms with E-state index in [1.807, 2.05) is 50.3 Å². The van der Waals surface area contributed by atoms with E-state index in [0.717, 1.165) is 19.3 Å². The first kappa shape index (κ1) is 24.4. The van der Waals surface area contributed by atoms with E-state index in [-0.39, 0.29) is 17.3 Å². The van der Waals surface area contributed by atoms with Crippen LogP contribution in [-0.4, -0.2) is 24.3 Å². The van der Waals surface area contributed by atoms with Crippen LogP contribution in [0.25, 0.3) is 0 Å². The zero-order valence-electron chi connectivity index (χ0n) is 17.5. The SMILES string of the molecule is C=CC(C)(C)CC(CC)C(C(=O)OC)C(O)CCc1ccccc1.CC. The number of aryl methyl sites for hydroxylation is 1. The minimum absolute atomic E-state index is 0.0659. The largest absolute Gasteiger partial charge is 0.469 e. The van der Waals surface area contributed by atoms with Gasteiger partial charge >= 0.3 is 5.97 Å². The van der Waals surface area contributed by atoms with Gasteiger partial charge in [-0.1, -0.05) is 77.4 Å². The number of hydrogen-bond donors (Lipinski definition) is 1. The Hall–Kier alpha value is -1.61. The number of benzene rings is 1. The van der Waals surface area contributed by atoms with E-state index < -0.39 is 12.0 Å². The Kier molecular flexibility index (Phi) is 11.9. The Balaban J connectivity index is 0.00000301. The monoisotopic (exact) mass is 362 g/mol. The third-order valence-electron chi connectivity index (χ3n) is 4.83. The second-order valence-corrected chi connectivity index (χ2v) is 7.21. The highest BCUT2D eigenvalue weighted by atomic mass is 16.5. The van der Waals surface area contributed by atoms with Gasteiger partial charge in [-0.15, -0.1) is 6.58 Å². The maximum Gasteiger partial charge on any atom is 0.311 e. The highest BCUT2D eigenvalue weighted by Crippen LogP contribution is 2.35. The number of esters is 1. The molecule has 1 N–H and O–H groups in total. The molecule has 1 aromatic rings. The molecule has 0 radical (unpaired) electrons. The lowest BCUT2D eigenvalue weighted by Gasteiger charge is -2.33. The van der Waals surface area contributed by atoms with Crippen molar-refractivity contribution >= 4 is 5.97 Å². The van der Waals surface area contributed by atoms with Crippen molar-refractivity contribution in [1.82, 2.24) is 0 Å². The van der Waals surface area contributed by atoms with Crippen LogP contribution in [0, 0.1) is 17.3 Å². The van der Waals surface area contributed by atoms with Crippen molar-refractivity contribution in [2.75, 3.05) is 7.11 Å². The summed E-state index contributed by atoms with van der Waals surface area (Å²) >= 11 is 0. The van der Waals surface area contributed by atoms with Crippen molar-refractivity contribution in [3.8, 4) is 0 Å². The van der Waals surface area contributed by atoms with Crippen molar-refractivity contribution in [1.29, 1.82) is 0 Å². The molecule has 1 rings (SSSR count). The van der Waals surface area contributed by atoms with Gasteiger partial charge in [0.15, 0.2) is 0 Å². The van der Waals surface area contributed by atoms with E-state index >= 15 is 0 Å². The molecule has 0 amide bonds. The van der Waals surface area contributed by atoms with Crippen LogP contribution < -0.4 is 0 Å². The first-order valence-electron chi connectivity index (χ1n) is 9.78. The molecule has 0 aliphatic carbocycles. The third-order valence-corrected chi connectivity index (χ3v) is 4.83. The second-order valence-electron chi connectivity index (χ2n) is 7.21. The minimum atomic E-state index is -0.705. The van der Waals surface area contributed by atoms with E-state index in [0.29, 0.717) is 6.42 Å². The maximum absolute atomic E-state index is 12.3. The lowest BCUT2D eigenvalue weighted by Crippen LogP contribution is -2.37. The van der Waals surface area contributed by atoms with E-state index in [2.05, 4.69) is 27.4 Å². The van der Waals surface area contributed by atoms with Crippen molar-refractivity contribution in [3.05, 3.63) is 48.6 Å². The fourth-order valence-corrected chi connectivity index (χ4v) is 3.22. The number of hydrogen-bond acceptors (Lipinski definition) is 3. The number of allylic oxidation sites excluding steroid dienone is 1. The van der Waals surface area contributed by atoms with Crippen LogP contribution in [0.5, 0.6) is 0 Å². The molecule has 0 heterocycles. The first-order chi connectivity index (χ1) is 12.3. The topological polar surface area (TPSA) is 46.5 Å². The summed E-state index contributed by atoms with van der Waals surface area (Å²) in [5.74, 6) is -0.749. The zero-order valence-corrected chi connectivity index (χ0v) is 17.5. The van der Waals surface area contributed by atoms with Gasteiger partial charge in [0.2, 0.25) is 0 Å². The molecule has 3 heteroatoms. The zero-order chi connectivity index (χ0) is 20.2. The van der Waals surface area contributed by atoms with Gasteiger partial charge in [-0.25, -0.2) is 0 Å². The Bertz CT molecular complexity index is 507. The van der Waals surface area contributed by atoms with Gasteiger partial charge in [0.05, 0.1) is 19.1 Å². The Labute approximate surface area is 160 Å². The van der Waals surface area contributed by atoms with Crippen LogP contribution >= 0.6 is 0 Å². The van der Waals surface area contributed by atoms with Crippen molar-refractivity contribution in [3.63, 3.8) is 0 Å². The molecule has 0 aliphatic rings. The van der Waals surface area contributed by atoms with Gasteiger partial charge < -0.3 is 9.84 Å². The van der Waals surface area contributed by atoms with Crippen LogP contribution in [0.15, 0.2) is 43.0 Å². The van der Waals surface area contributed by atoms with Gasteiger partial charge in [0, 0.05) is 0 Å². The molecule has 0 fully saturated rings. The molecule has 3 atom stereocenters. The van der Waals surface area contributed by atoms with Crippen molar-refractivity contribution < 1.29 is 14.6 Å². The Morgan fingerprint density at radius 1 is 1.27 bits per heavy atom. The number of aliphatic hydroxyl groups excluding tert-OH is 1. The smallest absolute Gasteiger partial charge is 0.311 e. The highest BCUT2D eigenvalue weighted by molar-refractivity contribution is 5.73. The van der Waals surface area contributed by atoms with Crippen molar-refractivity contribution in [2.24, 2.45) is 17.3 Å². The summed E-state index contributed by atoms with van der Waals surface area (Å²) in [6.45, 7) is 14.2. The molecule has 3 nitrogen and oxygen atoms in total. The molecule has 0 bridgehead atoms. The number of aliphatic hydroxyl groups is 1. The van der Waals surface area contributed by atoms with E-state index in [1.165, 1.54) is 12.7 Å². The molecule has 1 aromatic carbocycles. The van der Waals surface area contributed by atoms with E-state index in [9.17, 15) is 9.90 Å². The van der Waals surface area contributed by atoms with Crippen LogP contribution in [-0.2, 0) is 16.0 Å². The molecular formula is C23H38O3. The molecule has 148 valence electrons. The lowest BCUT2D eigenvalue weighted by molar-refractivity contribution is -0.153. The van der Waals surface area contributed by atoms with Gasteiger partial charge in [0.25, 0.3) is 0 Å². The van der Waals surface area contributed by atoms with Crippen molar-refractivity contribution in [2.45, 2.75) is 66.4 Å². The minimum Gasteiger partial charge on any atom is -0.469 e. The van der Waals surface area contributed by atoms with Gasteiger partial charge in [0.1, 0.15) is 0 Å². The fourth-order valence-electron chi connectivity index (χ4n) is 3.22. The molecule has 3 unspecified atom stereocenters. The summed E-state index contributed by atoms with van der Waals surface area (Å²) in [5.41, 5.74) is 1.09. The van der Waals surface area contributed by atoms with Crippen LogP contribution in [0.2, 0.25) is 0 Å². The average Bonchev–Trinajstić information content (AvgIpc) is 2.67. The summed E-state index contributed by atoms with van der Waals surface area (Å²) in [5, 5.41) is 10.7. The normalized spacial score (nSPS) is 14.4. The first-order valence-corrected chi connectivity index (χ1v) is 9.78. The molecule has 0 saturated carbocycles. The Morgan fingerprint density at radius 3 is 2.31 bits per heavy atom. The van der Waals surface area contributed by atoms with Crippen LogP contribution in [0.4, 0.5) is 0 Å². The second kappa shape index (κ2) is 12.7. The quantitative estimate of drug-likeness (QED) is 0.446. The number of rotatable bonds is 10. The third kappa shape index (κ3) is 8.18. The van der Waals surface area contributed by atoms with Gasteiger partial charge in [-0.05, 0) is 36.2 Å². The van der Waals surface area contributed by atoms with Gasteiger partial charge in [-0.3, -0.25) is 4.79 Å². The fraction of sp³-hybridized carbons (Fsp3) is 0.609. The molecule has 0 aromatic heterocycles. The number of carbonyl (C=O) groups excluding carboxylic acids is 1. The lowest BCUT2D eigenvalue weighted by atomic mass is 9.73. The summed E-state index contributed by atoms with van der Waals surface area (Å²) < 4.78 is 4.99. The summed E-state index contributed by atoms with van der Waals surface area (Å²) in [6, 6.07) is 10.0. The number of methoxy groups -OCH3 is 1. The summed E-state index contributed by atoms with van der Waals surface area (Å²) in [7, 11) is 1.39. The molecule has 0 saturated heterocycles. The predicted octanol–water partition coefficient (Wildman–Crippen LogP) is 5.42. The predicted molar refractivity (Wildman–Crippen MR) is 110 cm³/mol. The summed E-state index contributed by atoms with van der Waals surface area (Å²) in [6.07, 6.45) is 4.13. The summed E-state index contributed by atoms with van der Waals surface area (Å²) in [4.78, 5) is 12.3. The standard InChI is InChI=1S/C21H32O3.C2H6/c1-6-17(15-21(3,4)7-2)19(20(23)24-5)18(22)14-13-16-11-9-8-10-12-16;1-2/h7-12,17-19,22H,2,6,13-15H2,1,3-5H3;1-2H3.